The lowest BCUT2D eigenvalue weighted by atomic mass is 10.0. The number of sulfone groups is 1. The van der Waals surface area contributed by atoms with Crippen LogP contribution in [0.15, 0.2) is 0 Å². The van der Waals surface area contributed by atoms with Crippen molar-refractivity contribution in [2.75, 3.05) is 18.6 Å². The van der Waals surface area contributed by atoms with Gasteiger partial charge in [0.05, 0.1) is 11.5 Å². The van der Waals surface area contributed by atoms with E-state index in [1.807, 2.05) is 6.92 Å². The molecule has 1 rings (SSSR count). The van der Waals surface area contributed by atoms with Crippen molar-refractivity contribution in [2.45, 2.75) is 18.9 Å². The lowest BCUT2D eigenvalue weighted by Gasteiger charge is -2.20. The van der Waals surface area contributed by atoms with Crippen LogP contribution >= 0.6 is 0 Å². The molecule has 0 aromatic heterocycles. The number of rotatable bonds is 1. The maximum absolute atomic E-state index is 11.0. The van der Waals surface area contributed by atoms with Crippen LogP contribution in [-0.4, -0.2) is 32.5 Å². The second-order valence-electron chi connectivity index (χ2n) is 3.15. The van der Waals surface area contributed by atoms with Crippen molar-refractivity contribution in [1.29, 1.82) is 0 Å². The van der Waals surface area contributed by atoms with Crippen LogP contribution in [0.25, 0.3) is 0 Å². The Kier molecular flexibility index (Phi) is 3.35. The fraction of sp³-hybridized carbons (Fsp3) is 1.00. The Morgan fingerprint density at radius 2 is 2.00 bits per heavy atom. The SMILES string of the molecule is CNC1(C)CCS(=O)(=O)C1.[Cl-]. The standard InChI is InChI=1S/C6H13NO2S.ClH/c1-6(7-2)3-4-10(8,9)5-6;/h7H,3-5H2,1-2H3;1H/p-1. The second-order valence-corrected chi connectivity index (χ2v) is 5.34. The molecular formula is C6H13ClNO2S-. The number of halogens is 1. The Labute approximate surface area is 73.9 Å². The van der Waals surface area contributed by atoms with Crippen molar-refractivity contribution in [2.24, 2.45) is 0 Å². The van der Waals surface area contributed by atoms with Gasteiger partial charge < -0.3 is 17.7 Å². The van der Waals surface area contributed by atoms with E-state index >= 15 is 0 Å². The van der Waals surface area contributed by atoms with Gasteiger partial charge in [0.1, 0.15) is 0 Å². The highest BCUT2D eigenvalue weighted by molar-refractivity contribution is 7.91. The van der Waals surface area contributed by atoms with Gasteiger partial charge in [-0.15, -0.1) is 0 Å². The third-order valence-corrected chi connectivity index (χ3v) is 4.01. The highest BCUT2D eigenvalue weighted by Crippen LogP contribution is 2.21. The third kappa shape index (κ3) is 2.61. The van der Waals surface area contributed by atoms with Gasteiger partial charge >= 0.3 is 0 Å². The summed E-state index contributed by atoms with van der Waals surface area (Å²) in [7, 11) is -0.922. The molecule has 11 heavy (non-hydrogen) atoms. The summed E-state index contributed by atoms with van der Waals surface area (Å²) in [4.78, 5) is 0. The van der Waals surface area contributed by atoms with Gasteiger partial charge in [-0.05, 0) is 20.4 Å². The quantitative estimate of drug-likeness (QED) is 0.483. The highest BCUT2D eigenvalue weighted by Gasteiger charge is 2.36. The Morgan fingerprint density at radius 1 is 1.45 bits per heavy atom. The molecule has 1 saturated heterocycles. The number of hydrogen-bond acceptors (Lipinski definition) is 3. The van der Waals surface area contributed by atoms with Crippen LogP contribution in [0.5, 0.6) is 0 Å². The predicted octanol–water partition coefficient (Wildman–Crippen LogP) is -3.21. The van der Waals surface area contributed by atoms with Crippen molar-refractivity contribution < 1.29 is 20.8 Å². The predicted molar refractivity (Wildman–Crippen MR) is 40.7 cm³/mol. The summed E-state index contributed by atoms with van der Waals surface area (Å²) in [5.74, 6) is 0.626. The summed E-state index contributed by atoms with van der Waals surface area (Å²) in [6, 6.07) is 0. The van der Waals surface area contributed by atoms with Crippen LogP contribution in [0, 0.1) is 0 Å². The molecule has 1 atom stereocenters. The lowest BCUT2D eigenvalue weighted by molar-refractivity contribution is -0.00000507. The molecule has 1 unspecified atom stereocenters. The third-order valence-electron chi connectivity index (χ3n) is 2.11. The van der Waals surface area contributed by atoms with Crippen molar-refractivity contribution in [1.82, 2.24) is 5.32 Å². The highest BCUT2D eigenvalue weighted by atomic mass is 35.5. The van der Waals surface area contributed by atoms with Crippen LogP contribution in [0.3, 0.4) is 0 Å². The van der Waals surface area contributed by atoms with E-state index in [0.29, 0.717) is 5.75 Å². The van der Waals surface area contributed by atoms with Gasteiger partial charge in [-0.25, -0.2) is 8.42 Å². The van der Waals surface area contributed by atoms with E-state index in [9.17, 15) is 8.42 Å². The molecule has 0 amide bonds. The van der Waals surface area contributed by atoms with Crippen molar-refractivity contribution in [3.8, 4) is 0 Å². The Hall–Kier alpha value is 0.200. The first-order valence-electron chi connectivity index (χ1n) is 3.37. The van der Waals surface area contributed by atoms with E-state index in [-0.39, 0.29) is 23.7 Å². The van der Waals surface area contributed by atoms with Gasteiger partial charge in [0.2, 0.25) is 0 Å². The Balaban J connectivity index is 0.000001000. The first-order valence-corrected chi connectivity index (χ1v) is 5.19. The maximum Gasteiger partial charge on any atom is 0.152 e. The average Bonchev–Trinajstić information content (AvgIpc) is 2.08. The first-order chi connectivity index (χ1) is 4.47. The molecule has 0 aliphatic carbocycles. The molecule has 1 aliphatic heterocycles. The number of nitrogens with one attached hydrogen (secondary N) is 1. The van der Waals surface area contributed by atoms with E-state index < -0.39 is 9.84 Å². The van der Waals surface area contributed by atoms with Gasteiger partial charge in [0.25, 0.3) is 0 Å². The molecular weight excluding hydrogens is 186 g/mol. The van der Waals surface area contributed by atoms with E-state index in [1.165, 1.54) is 0 Å². The van der Waals surface area contributed by atoms with E-state index in [1.54, 1.807) is 7.05 Å². The van der Waals surface area contributed by atoms with E-state index in [0.717, 1.165) is 6.42 Å². The largest absolute Gasteiger partial charge is 1.00 e. The summed E-state index contributed by atoms with van der Waals surface area (Å²) < 4.78 is 21.9. The molecule has 0 aromatic rings. The molecule has 1 heterocycles. The number of hydrogen-bond donors (Lipinski definition) is 1. The fourth-order valence-electron chi connectivity index (χ4n) is 1.21. The minimum atomic E-state index is -2.73. The van der Waals surface area contributed by atoms with Crippen LogP contribution < -0.4 is 17.7 Å². The molecule has 5 heteroatoms. The van der Waals surface area contributed by atoms with Crippen LogP contribution in [0.4, 0.5) is 0 Å². The molecule has 1 aliphatic rings. The Bertz CT molecular complexity index is 227. The topological polar surface area (TPSA) is 46.2 Å². The van der Waals surface area contributed by atoms with Crippen molar-refractivity contribution in [3.05, 3.63) is 0 Å². The van der Waals surface area contributed by atoms with E-state index in [4.69, 9.17) is 0 Å². The zero-order valence-electron chi connectivity index (χ0n) is 6.72. The summed E-state index contributed by atoms with van der Waals surface area (Å²) >= 11 is 0. The molecule has 0 bridgehead atoms. The zero-order chi connectivity index (χ0) is 7.83. The second kappa shape index (κ2) is 3.29. The molecule has 68 valence electrons. The van der Waals surface area contributed by atoms with Crippen molar-refractivity contribution >= 4 is 9.84 Å². The lowest BCUT2D eigenvalue weighted by Crippen LogP contribution is -3.00. The van der Waals surface area contributed by atoms with Gasteiger partial charge in [-0.2, -0.15) is 0 Å². The molecule has 0 saturated carbocycles. The van der Waals surface area contributed by atoms with Crippen LogP contribution in [-0.2, 0) is 9.84 Å². The summed E-state index contributed by atoms with van der Waals surface area (Å²) in [5.41, 5.74) is -0.168. The van der Waals surface area contributed by atoms with Crippen LogP contribution in [0.1, 0.15) is 13.3 Å². The zero-order valence-corrected chi connectivity index (χ0v) is 8.30. The minimum Gasteiger partial charge on any atom is -1.00 e. The maximum atomic E-state index is 11.0. The van der Waals surface area contributed by atoms with Gasteiger partial charge in [0.15, 0.2) is 9.84 Å². The molecule has 0 aromatic carbocycles. The van der Waals surface area contributed by atoms with Gasteiger partial charge in [-0.1, -0.05) is 0 Å². The fourth-order valence-corrected chi connectivity index (χ4v) is 3.37. The van der Waals surface area contributed by atoms with E-state index in [2.05, 4.69) is 5.32 Å². The molecule has 0 radical (unpaired) electrons. The van der Waals surface area contributed by atoms with Crippen LogP contribution in [0.2, 0.25) is 0 Å². The Morgan fingerprint density at radius 3 is 2.18 bits per heavy atom. The molecule has 0 spiro atoms. The molecule has 3 nitrogen and oxygen atoms in total. The summed E-state index contributed by atoms with van der Waals surface area (Å²) in [5, 5.41) is 3.02. The van der Waals surface area contributed by atoms with Crippen molar-refractivity contribution in [3.63, 3.8) is 0 Å². The smallest absolute Gasteiger partial charge is 0.152 e. The summed E-state index contributed by atoms with van der Waals surface area (Å²) in [6.45, 7) is 1.94. The minimum absolute atomic E-state index is 0. The monoisotopic (exact) mass is 198 g/mol. The molecule has 1 fully saturated rings. The average molecular weight is 199 g/mol. The molecule has 1 N–H and O–H groups in total. The van der Waals surface area contributed by atoms with Gasteiger partial charge in [-0.3, -0.25) is 0 Å². The first kappa shape index (κ1) is 11.2. The summed E-state index contributed by atoms with van der Waals surface area (Å²) in [6.07, 6.45) is 0.742. The van der Waals surface area contributed by atoms with Gasteiger partial charge in [0, 0.05) is 5.54 Å². The normalized spacial score (nSPS) is 34.7.